The smallest absolute Gasteiger partial charge is 0.292 e. The summed E-state index contributed by atoms with van der Waals surface area (Å²) in [7, 11) is 0. The normalized spacial score (nSPS) is 21.5. The van der Waals surface area contributed by atoms with Crippen molar-refractivity contribution in [2.75, 3.05) is 11.9 Å². The maximum Gasteiger partial charge on any atom is 0.292 e. The number of hydrogen-bond donors (Lipinski definition) is 1. The summed E-state index contributed by atoms with van der Waals surface area (Å²) in [6.45, 7) is 8.65. The van der Waals surface area contributed by atoms with E-state index in [9.17, 15) is 10.1 Å². The molecular weight excluding hydrogens is 256 g/mol. The molecule has 1 aliphatic heterocycles. The lowest BCUT2D eigenvalue weighted by Crippen LogP contribution is -2.40. The third-order valence-electron chi connectivity index (χ3n) is 3.87. The maximum atomic E-state index is 11.2. The van der Waals surface area contributed by atoms with Crippen LogP contribution in [0.15, 0.2) is 12.1 Å². The van der Waals surface area contributed by atoms with Crippen LogP contribution in [0.2, 0.25) is 0 Å². The van der Waals surface area contributed by atoms with Gasteiger partial charge < -0.3 is 10.1 Å². The van der Waals surface area contributed by atoms with Gasteiger partial charge in [-0.25, -0.2) is 0 Å². The Balaban J connectivity index is 2.24. The third-order valence-corrected chi connectivity index (χ3v) is 3.87. The van der Waals surface area contributed by atoms with Crippen molar-refractivity contribution in [2.45, 2.75) is 52.2 Å². The molecule has 0 aliphatic carbocycles. The van der Waals surface area contributed by atoms with E-state index in [1.165, 1.54) is 0 Å². The number of nitro groups is 1. The van der Waals surface area contributed by atoms with Crippen LogP contribution in [0.4, 0.5) is 11.4 Å². The fourth-order valence-corrected chi connectivity index (χ4v) is 2.64. The largest absolute Gasteiger partial charge is 0.377 e. The van der Waals surface area contributed by atoms with Crippen molar-refractivity contribution in [2.24, 2.45) is 0 Å². The molecule has 1 aromatic carbocycles. The topological polar surface area (TPSA) is 64.4 Å². The van der Waals surface area contributed by atoms with E-state index in [2.05, 4.69) is 19.2 Å². The zero-order chi connectivity index (χ0) is 14.9. The summed E-state index contributed by atoms with van der Waals surface area (Å²) in [5, 5.41) is 14.5. The van der Waals surface area contributed by atoms with E-state index in [0.29, 0.717) is 12.3 Å². The van der Waals surface area contributed by atoms with Gasteiger partial charge in [-0.05, 0) is 57.7 Å². The van der Waals surface area contributed by atoms with Crippen LogP contribution in [0.25, 0.3) is 0 Å². The minimum absolute atomic E-state index is 0.150. The number of aryl methyl sites for hydroxylation is 2. The van der Waals surface area contributed by atoms with Crippen molar-refractivity contribution in [1.82, 2.24) is 0 Å². The molecule has 2 rings (SSSR count). The molecular formula is C15H22N2O3. The highest BCUT2D eigenvalue weighted by molar-refractivity contribution is 5.65. The Labute approximate surface area is 119 Å². The highest BCUT2D eigenvalue weighted by atomic mass is 16.6. The molecule has 0 amide bonds. The van der Waals surface area contributed by atoms with E-state index >= 15 is 0 Å². The third kappa shape index (κ3) is 3.28. The zero-order valence-corrected chi connectivity index (χ0v) is 12.5. The number of rotatable bonds is 3. The first kappa shape index (κ1) is 14.8. The summed E-state index contributed by atoms with van der Waals surface area (Å²) in [6.07, 6.45) is 1.71. The average molecular weight is 278 g/mol. The van der Waals surface area contributed by atoms with Crippen molar-refractivity contribution >= 4 is 11.4 Å². The molecule has 1 unspecified atom stereocenters. The molecule has 1 atom stereocenters. The van der Waals surface area contributed by atoms with Crippen LogP contribution in [0, 0.1) is 24.0 Å². The Kier molecular flexibility index (Phi) is 3.99. The number of ether oxygens (including phenoxy) is 1. The monoisotopic (exact) mass is 278 g/mol. The Hall–Kier alpha value is -1.62. The van der Waals surface area contributed by atoms with Gasteiger partial charge in [0.2, 0.25) is 0 Å². The van der Waals surface area contributed by atoms with E-state index < -0.39 is 0 Å². The summed E-state index contributed by atoms with van der Waals surface area (Å²) < 4.78 is 5.68. The molecule has 20 heavy (non-hydrogen) atoms. The quantitative estimate of drug-likeness (QED) is 0.678. The molecule has 1 N–H and O–H groups in total. The van der Waals surface area contributed by atoms with Crippen molar-refractivity contribution in [3.8, 4) is 0 Å². The lowest BCUT2D eigenvalue weighted by molar-refractivity contribution is -0.384. The molecule has 1 fully saturated rings. The minimum atomic E-state index is -0.320. The molecule has 0 saturated carbocycles. The van der Waals surface area contributed by atoms with Gasteiger partial charge in [0, 0.05) is 18.7 Å². The van der Waals surface area contributed by atoms with Gasteiger partial charge in [0.15, 0.2) is 0 Å². The van der Waals surface area contributed by atoms with E-state index in [1.54, 1.807) is 6.07 Å². The molecule has 0 bridgehead atoms. The van der Waals surface area contributed by atoms with Gasteiger partial charge >= 0.3 is 0 Å². The highest BCUT2D eigenvalue weighted by Gasteiger charge is 2.30. The van der Waals surface area contributed by atoms with Crippen LogP contribution in [0.1, 0.15) is 37.8 Å². The van der Waals surface area contributed by atoms with Gasteiger partial charge in [0.05, 0.1) is 10.5 Å². The predicted octanol–water partition coefficient (Wildman–Crippen LogP) is 3.58. The molecule has 5 nitrogen and oxygen atoms in total. The Morgan fingerprint density at radius 3 is 2.60 bits per heavy atom. The molecule has 1 aliphatic rings. The van der Waals surface area contributed by atoms with E-state index in [0.717, 1.165) is 24.0 Å². The standard InChI is InChI=1S/C15H22N2O3/c1-10-7-13(14(17(18)19)8-11(10)2)16-12-5-6-20-15(3,4)9-12/h7-8,12,16H,5-6,9H2,1-4H3. The molecule has 110 valence electrons. The molecule has 5 heteroatoms. The second-order valence-electron chi connectivity index (χ2n) is 6.15. The maximum absolute atomic E-state index is 11.2. The van der Waals surface area contributed by atoms with Crippen molar-refractivity contribution < 1.29 is 9.66 Å². The molecule has 0 spiro atoms. The summed E-state index contributed by atoms with van der Waals surface area (Å²) in [6, 6.07) is 3.72. The molecule has 1 saturated heterocycles. The van der Waals surface area contributed by atoms with Crippen molar-refractivity contribution in [1.29, 1.82) is 0 Å². The molecule has 1 heterocycles. The number of nitrogens with zero attached hydrogens (tertiary/aromatic N) is 1. The Morgan fingerprint density at radius 2 is 2.00 bits per heavy atom. The highest BCUT2D eigenvalue weighted by Crippen LogP contribution is 2.32. The van der Waals surface area contributed by atoms with E-state index in [4.69, 9.17) is 4.74 Å². The van der Waals surface area contributed by atoms with Crippen LogP contribution in [-0.2, 0) is 4.74 Å². The summed E-state index contributed by atoms with van der Waals surface area (Å²) in [5.41, 5.74) is 2.59. The van der Waals surface area contributed by atoms with Crippen LogP contribution in [0.3, 0.4) is 0 Å². The number of hydrogen-bond acceptors (Lipinski definition) is 4. The first-order valence-corrected chi connectivity index (χ1v) is 6.94. The Morgan fingerprint density at radius 1 is 1.35 bits per heavy atom. The fraction of sp³-hybridized carbons (Fsp3) is 0.600. The second kappa shape index (κ2) is 5.40. The molecule has 0 radical (unpaired) electrons. The van der Waals surface area contributed by atoms with Crippen molar-refractivity contribution in [3.63, 3.8) is 0 Å². The van der Waals surface area contributed by atoms with Gasteiger partial charge in [0.1, 0.15) is 5.69 Å². The first-order valence-electron chi connectivity index (χ1n) is 6.94. The first-order chi connectivity index (χ1) is 9.28. The lowest BCUT2D eigenvalue weighted by Gasteiger charge is -2.36. The summed E-state index contributed by atoms with van der Waals surface area (Å²) in [4.78, 5) is 10.9. The average Bonchev–Trinajstić information content (AvgIpc) is 2.32. The van der Waals surface area contributed by atoms with Crippen molar-refractivity contribution in [3.05, 3.63) is 33.4 Å². The zero-order valence-electron chi connectivity index (χ0n) is 12.5. The Bertz CT molecular complexity index is 526. The van der Waals surface area contributed by atoms with Gasteiger partial charge in [-0.3, -0.25) is 10.1 Å². The SMILES string of the molecule is Cc1cc(NC2CCOC(C)(C)C2)c([N+](=O)[O-])cc1C. The van der Waals surface area contributed by atoms with Gasteiger partial charge in [-0.15, -0.1) is 0 Å². The molecule has 0 aromatic heterocycles. The molecule has 1 aromatic rings. The van der Waals surface area contributed by atoms with Crippen LogP contribution >= 0.6 is 0 Å². The number of benzene rings is 1. The lowest BCUT2D eigenvalue weighted by atomic mass is 9.93. The van der Waals surface area contributed by atoms with E-state index in [1.807, 2.05) is 19.9 Å². The number of anilines is 1. The fourth-order valence-electron chi connectivity index (χ4n) is 2.64. The minimum Gasteiger partial charge on any atom is -0.377 e. The van der Waals surface area contributed by atoms with Crippen LogP contribution in [0.5, 0.6) is 0 Å². The summed E-state index contributed by atoms with van der Waals surface area (Å²) >= 11 is 0. The van der Waals surface area contributed by atoms with Gasteiger partial charge in [-0.2, -0.15) is 0 Å². The van der Waals surface area contributed by atoms with Gasteiger partial charge in [-0.1, -0.05) is 0 Å². The number of nitrogens with one attached hydrogen (secondary N) is 1. The number of nitro benzene ring substituents is 1. The van der Waals surface area contributed by atoms with Crippen LogP contribution in [-0.4, -0.2) is 23.2 Å². The second-order valence-corrected chi connectivity index (χ2v) is 6.15. The summed E-state index contributed by atoms with van der Waals surface area (Å²) in [5.74, 6) is 0. The van der Waals surface area contributed by atoms with E-state index in [-0.39, 0.29) is 22.3 Å². The van der Waals surface area contributed by atoms with Crippen LogP contribution < -0.4 is 5.32 Å². The predicted molar refractivity (Wildman–Crippen MR) is 79.2 cm³/mol. The van der Waals surface area contributed by atoms with Gasteiger partial charge in [0.25, 0.3) is 5.69 Å².